The average molecular weight is 236 g/mol. The lowest BCUT2D eigenvalue weighted by molar-refractivity contribution is -0.383. The summed E-state index contributed by atoms with van der Waals surface area (Å²) in [6.07, 6.45) is 2.43. The zero-order valence-electron chi connectivity index (χ0n) is 9.72. The van der Waals surface area contributed by atoms with Crippen molar-refractivity contribution >= 4 is 17.1 Å². The molecule has 0 unspecified atom stereocenters. The molecular weight excluding hydrogens is 220 g/mol. The first-order chi connectivity index (χ1) is 8.13. The summed E-state index contributed by atoms with van der Waals surface area (Å²) in [4.78, 5) is 12.6. The van der Waals surface area contributed by atoms with Crippen LogP contribution in [0, 0.1) is 16.0 Å². The number of nitro benzene ring substituents is 1. The lowest BCUT2D eigenvalue weighted by Crippen LogP contribution is -2.21. The van der Waals surface area contributed by atoms with Crippen LogP contribution in [0.2, 0.25) is 0 Å². The summed E-state index contributed by atoms with van der Waals surface area (Å²) in [6.45, 7) is 0.856. The molecule has 1 aliphatic carbocycles. The van der Waals surface area contributed by atoms with Gasteiger partial charge in [0.05, 0.1) is 4.92 Å². The van der Waals surface area contributed by atoms with Crippen molar-refractivity contribution < 1.29 is 4.92 Å². The third kappa shape index (κ3) is 2.47. The van der Waals surface area contributed by atoms with Crippen LogP contribution >= 0.6 is 0 Å². The Morgan fingerprint density at radius 3 is 2.82 bits per heavy atom. The second-order valence-corrected chi connectivity index (χ2v) is 4.40. The molecule has 1 fully saturated rings. The van der Waals surface area contributed by atoms with E-state index in [1.165, 1.54) is 12.8 Å². The second-order valence-electron chi connectivity index (χ2n) is 4.40. The molecule has 1 aromatic carbocycles. The topological polar surface area (TPSA) is 84.4 Å². The number of para-hydroxylation sites is 1. The zero-order chi connectivity index (χ0) is 12.4. The Balaban J connectivity index is 2.33. The first-order valence-electron chi connectivity index (χ1n) is 5.58. The van der Waals surface area contributed by atoms with E-state index in [1.807, 2.05) is 11.9 Å². The number of anilines is 2. The largest absolute Gasteiger partial charge is 0.369 e. The van der Waals surface area contributed by atoms with E-state index in [0.29, 0.717) is 17.3 Å². The van der Waals surface area contributed by atoms with E-state index >= 15 is 0 Å². The highest BCUT2D eigenvalue weighted by Gasteiger charge is 2.27. The average Bonchev–Trinajstić information content (AvgIpc) is 3.11. The molecule has 17 heavy (non-hydrogen) atoms. The number of nitro groups is 1. The lowest BCUT2D eigenvalue weighted by Gasteiger charge is -2.19. The van der Waals surface area contributed by atoms with Gasteiger partial charge in [0, 0.05) is 13.6 Å². The van der Waals surface area contributed by atoms with Gasteiger partial charge in [-0.25, -0.2) is 0 Å². The molecule has 6 nitrogen and oxygen atoms in total. The van der Waals surface area contributed by atoms with Crippen LogP contribution in [0.15, 0.2) is 18.2 Å². The van der Waals surface area contributed by atoms with Gasteiger partial charge in [0.2, 0.25) is 0 Å². The Labute approximate surface area is 99.5 Å². The van der Waals surface area contributed by atoms with Gasteiger partial charge in [-0.2, -0.15) is 0 Å². The summed E-state index contributed by atoms with van der Waals surface area (Å²) in [7, 11) is 1.88. The predicted molar refractivity (Wildman–Crippen MR) is 66.9 cm³/mol. The Morgan fingerprint density at radius 2 is 2.29 bits per heavy atom. The molecular formula is C11H16N4O2. The van der Waals surface area contributed by atoms with Crippen molar-refractivity contribution in [3.63, 3.8) is 0 Å². The molecule has 0 atom stereocenters. The standard InChI is InChI=1S/C11H16N4O2/c1-14(7-8-5-6-8)10-4-2-3-9(13-12)11(10)15(16)17/h2-4,8,13H,5-7,12H2,1H3. The van der Waals surface area contributed by atoms with Crippen LogP contribution in [0.4, 0.5) is 17.1 Å². The fraction of sp³-hybridized carbons (Fsp3) is 0.455. The highest BCUT2D eigenvalue weighted by atomic mass is 16.6. The van der Waals surface area contributed by atoms with E-state index in [1.54, 1.807) is 18.2 Å². The summed E-state index contributed by atoms with van der Waals surface area (Å²) in [5.41, 5.74) is 3.36. The maximum atomic E-state index is 11.1. The maximum absolute atomic E-state index is 11.1. The van der Waals surface area contributed by atoms with Crippen molar-refractivity contribution in [1.29, 1.82) is 0 Å². The Bertz CT molecular complexity index is 431. The lowest BCUT2D eigenvalue weighted by atomic mass is 10.2. The number of hydrogen-bond donors (Lipinski definition) is 2. The fourth-order valence-electron chi connectivity index (χ4n) is 1.93. The SMILES string of the molecule is CN(CC1CC1)c1cccc(NN)c1[N+](=O)[O-]. The summed E-state index contributed by atoms with van der Waals surface area (Å²) >= 11 is 0. The van der Waals surface area contributed by atoms with Gasteiger partial charge < -0.3 is 10.3 Å². The molecule has 2 rings (SSSR count). The molecule has 6 heteroatoms. The van der Waals surface area contributed by atoms with Crippen molar-refractivity contribution in [1.82, 2.24) is 0 Å². The number of nitrogens with two attached hydrogens (primary N) is 1. The zero-order valence-corrected chi connectivity index (χ0v) is 9.72. The molecule has 0 aliphatic heterocycles. The van der Waals surface area contributed by atoms with E-state index in [2.05, 4.69) is 5.43 Å². The summed E-state index contributed by atoms with van der Waals surface area (Å²) < 4.78 is 0. The van der Waals surface area contributed by atoms with Crippen molar-refractivity contribution in [3.8, 4) is 0 Å². The van der Waals surface area contributed by atoms with E-state index in [-0.39, 0.29) is 5.69 Å². The smallest absolute Gasteiger partial charge is 0.316 e. The van der Waals surface area contributed by atoms with E-state index in [4.69, 9.17) is 5.84 Å². The summed E-state index contributed by atoms with van der Waals surface area (Å²) in [6, 6.07) is 5.12. The minimum atomic E-state index is -0.395. The summed E-state index contributed by atoms with van der Waals surface area (Å²) in [5.74, 6) is 5.97. The minimum absolute atomic E-state index is 0.0400. The number of rotatable bonds is 5. The number of hydrazine groups is 1. The van der Waals surface area contributed by atoms with Gasteiger partial charge in [-0.15, -0.1) is 0 Å². The Kier molecular flexibility index (Phi) is 3.14. The van der Waals surface area contributed by atoms with Crippen molar-refractivity contribution in [2.45, 2.75) is 12.8 Å². The number of nitrogens with zero attached hydrogens (tertiary/aromatic N) is 2. The summed E-state index contributed by atoms with van der Waals surface area (Å²) in [5, 5.41) is 11.1. The van der Waals surface area contributed by atoms with Gasteiger partial charge in [0.15, 0.2) is 0 Å². The van der Waals surface area contributed by atoms with E-state index in [0.717, 1.165) is 6.54 Å². The normalized spacial score (nSPS) is 14.5. The number of nitrogen functional groups attached to an aromatic ring is 1. The van der Waals surface area contributed by atoms with Gasteiger partial charge in [0.1, 0.15) is 11.4 Å². The molecule has 92 valence electrons. The molecule has 0 amide bonds. The molecule has 0 bridgehead atoms. The van der Waals surface area contributed by atoms with Gasteiger partial charge in [0.25, 0.3) is 0 Å². The van der Waals surface area contributed by atoms with Gasteiger partial charge in [-0.05, 0) is 30.9 Å². The Hall–Kier alpha value is -1.82. The molecule has 1 aromatic rings. The predicted octanol–water partition coefficient (Wildman–Crippen LogP) is 1.73. The van der Waals surface area contributed by atoms with E-state index < -0.39 is 4.92 Å². The second kappa shape index (κ2) is 4.58. The Morgan fingerprint density at radius 1 is 1.59 bits per heavy atom. The number of hydrogen-bond acceptors (Lipinski definition) is 5. The molecule has 0 radical (unpaired) electrons. The quantitative estimate of drug-likeness (QED) is 0.462. The molecule has 0 aromatic heterocycles. The van der Waals surface area contributed by atoms with Crippen LogP contribution in [-0.4, -0.2) is 18.5 Å². The van der Waals surface area contributed by atoms with Crippen molar-refractivity contribution in [3.05, 3.63) is 28.3 Å². The molecule has 1 aliphatic rings. The van der Waals surface area contributed by atoms with Crippen LogP contribution in [0.3, 0.4) is 0 Å². The first-order valence-corrected chi connectivity index (χ1v) is 5.58. The van der Waals surface area contributed by atoms with Gasteiger partial charge in [-0.1, -0.05) is 6.07 Å². The van der Waals surface area contributed by atoms with Gasteiger partial charge in [-0.3, -0.25) is 16.0 Å². The van der Waals surface area contributed by atoms with Crippen LogP contribution in [0.25, 0.3) is 0 Å². The third-order valence-corrected chi connectivity index (χ3v) is 2.99. The number of benzene rings is 1. The highest BCUT2D eigenvalue weighted by molar-refractivity contribution is 5.76. The van der Waals surface area contributed by atoms with Gasteiger partial charge >= 0.3 is 5.69 Å². The van der Waals surface area contributed by atoms with Crippen LogP contribution in [-0.2, 0) is 0 Å². The molecule has 0 spiro atoms. The minimum Gasteiger partial charge on any atom is -0.369 e. The van der Waals surface area contributed by atoms with Crippen LogP contribution in [0.5, 0.6) is 0 Å². The monoisotopic (exact) mass is 236 g/mol. The first kappa shape index (κ1) is 11.7. The van der Waals surface area contributed by atoms with Crippen molar-refractivity contribution in [2.24, 2.45) is 11.8 Å². The van der Waals surface area contributed by atoms with Crippen molar-refractivity contribution in [2.75, 3.05) is 23.9 Å². The fourth-order valence-corrected chi connectivity index (χ4v) is 1.93. The maximum Gasteiger partial charge on any atom is 0.316 e. The van der Waals surface area contributed by atoms with E-state index in [9.17, 15) is 10.1 Å². The molecule has 3 N–H and O–H groups in total. The molecule has 1 saturated carbocycles. The molecule has 0 saturated heterocycles. The number of nitrogens with one attached hydrogen (secondary N) is 1. The molecule has 0 heterocycles. The van der Waals surface area contributed by atoms with Crippen LogP contribution in [0.1, 0.15) is 12.8 Å². The third-order valence-electron chi connectivity index (χ3n) is 2.99. The highest BCUT2D eigenvalue weighted by Crippen LogP contribution is 2.37. The van der Waals surface area contributed by atoms with Crippen LogP contribution < -0.4 is 16.2 Å².